The number of hydrogen-bond donors (Lipinski definition) is 2. The lowest BCUT2D eigenvalue weighted by molar-refractivity contribution is -0.122. The van der Waals surface area contributed by atoms with Crippen LogP contribution in [0.3, 0.4) is 0 Å². The van der Waals surface area contributed by atoms with Gasteiger partial charge in [0.25, 0.3) is 0 Å². The highest BCUT2D eigenvalue weighted by Crippen LogP contribution is 2.35. The Morgan fingerprint density at radius 1 is 1.10 bits per heavy atom. The summed E-state index contributed by atoms with van der Waals surface area (Å²) in [4.78, 5) is 27.3. The number of rotatable bonds is 5. The Morgan fingerprint density at radius 2 is 1.90 bits per heavy atom. The first-order valence-corrected chi connectivity index (χ1v) is 10.4. The van der Waals surface area contributed by atoms with E-state index in [-0.39, 0.29) is 17.9 Å². The second-order valence-electron chi connectivity index (χ2n) is 7.57. The van der Waals surface area contributed by atoms with Gasteiger partial charge < -0.3 is 20.3 Å². The minimum Gasteiger partial charge on any atom is -0.492 e. The monoisotopic (exact) mass is 393 g/mol. The first kappa shape index (κ1) is 19.3. The van der Waals surface area contributed by atoms with Gasteiger partial charge >= 0.3 is 6.03 Å². The molecular weight excluding hydrogens is 366 g/mol. The maximum atomic E-state index is 12.9. The molecule has 3 amide bonds. The van der Waals surface area contributed by atoms with Crippen molar-refractivity contribution < 1.29 is 14.3 Å². The number of carbonyl (C=O) groups excluding carboxylic acids is 2. The molecule has 0 unspecified atom stereocenters. The van der Waals surface area contributed by atoms with E-state index in [1.54, 1.807) is 6.07 Å². The van der Waals surface area contributed by atoms with Gasteiger partial charge in [0.2, 0.25) is 5.91 Å². The summed E-state index contributed by atoms with van der Waals surface area (Å²) in [5.41, 5.74) is 3.37. The molecule has 0 spiro atoms. The molecule has 2 aliphatic rings. The number of nitrogens with one attached hydrogen (secondary N) is 2. The number of anilines is 3. The van der Waals surface area contributed by atoms with Gasteiger partial charge in [-0.3, -0.25) is 4.79 Å². The molecule has 1 fully saturated rings. The smallest absolute Gasteiger partial charge is 0.323 e. The predicted molar refractivity (Wildman–Crippen MR) is 115 cm³/mol. The first-order valence-electron chi connectivity index (χ1n) is 10.4. The number of ether oxygens (including phenoxy) is 1. The largest absolute Gasteiger partial charge is 0.492 e. The van der Waals surface area contributed by atoms with Gasteiger partial charge in [0.1, 0.15) is 5.75 Å². The summed E-state index contributed by atoms with van der Waals surface area (Å²) in [5.74, 6) is 1.01. The third-order valence-corrected chi connectivity index (χ3v) is 5.64. The number of para-hydroxylation sites is 2. The summed E-state index contributed by atoms with van der Waals surface area (Å²) >= 11 is 0. The number of urea groups is 1. The molecule has 0 aromatic heterocycles. The molecule has 152 valence electrons. The number of amides is 3. The maximum absolute atomic E-state index is 12.9. The fourth-order valence-corrected chi connectivity index (χ4v) is 4.21. The van der Waals surface area contributed by atoms with E-state index in [9.17, 15) is 9.59 Å². The lowest BCUT2D eigenvalue weighted by Crippen LogP contribution is -2.33. The predicted octanol–water partition coefficient (Wildman–Crippen LogP) is 4.81. The van der Waals surface area contributed by atoms with Gasteiger partial charge in [-0.1, -0.05) is 31.0 Å². The maximum Gasteiger partial charge on any atom is 0.323 e. The van der Waals surface area contributed by atoms with Crippen LogP contribution in [0.25, 0.3) is 0 Å². The second-order valence-corrected chi connectivity index (χ2v) is 7.57. The van der Waals surface area contributed by atoms with Crippen LogP contribution in [0.2, 0.25) is 0 Å². The summed E-state index contributed by atoms with van der Waals surface area (Å²) < 4.78 is 5.55. The minimum atomic E-state index is -0.344. The van der Waals surface area contributed by atoms with Crippen molar-refractivity contribution in [3.63, 3.8) is 0 Å². The van der Waals surface area contributed by atoms with Gasteiger partial charge in [-0.25, -0.2) is 4.79 Å². The first-order chi connectivity index (χ1) is 14.2. The van der Waals surface area contributed by atoms with Gasteiger partial charge in [-0.05, 0) is 56.0 Å². The molecule has 1 aliphatic heterocycles. The fourth-order valence-electron chi connectivity index (χ4n) is 4.21. The summed E-state index contributed by atoms with van der Waals surface area (Å²) in [6, 6.07) is 12.8. The van der Waals surface area contributed by atoms with Crippen LogP contribution in [-0.2, 0) is 11.2 Å². The lowest BCUT2D eigenvalue weighted by Gasteiger charge is -2.21. The SMILES string of the molecule is CCOc1ccccc1NC(=O)Nc1ccc2c(c1)N(C(=O)C1CCCC1)CC2. The van der Waals surface area contributed by atoms with Gasteiger partial charge in [0.15, 0.2) is 0 Å². The van der Waals surface area contributed by atoms with Crippen LogP contribution >= 0.6 is 0 Å². The van der Waals surface area contributed by atoms with Crippen molar-refractivity contribution in [2.45, 2.75) is 39.0 Å². The summed E-state index contributed by atoms with van der Waals surface area (Å²) in [7, 11) is 0. The highest BCUT2D eigenvalue weighted by atomic mass is 16.5. The number of hydrogen-bond acceptors (Lipinski definition) is 3. The topological polar surface area (TPSA) is 70.7 Å². The summed E-state index contributed by atoms with van der Waals surface area (Å²) in [5, 5.41) is 5.71. The zero-order valence-electron chi connectivity index (χ0n) is 16.7. The molecule has 0 saturated heterocycles. The molecular formula is C23H27N3O3. The van der Waals surface area contributed by atoms with E-state index >= 15 is 0 Å². The van der Waals surface area contributed by atoms with Crippen molar-refractivity contribution in [2.24, 2.45) is 5.92 Å². The van der Waals surface area contributed by atoms with Crippen LogP contribution in [-0.4, -0.2) is 25.1 Å². The number of carbonyl (C=O) groups is 2. The van der Waals surface area contributed by atoms with E-state index in [0.717, 1.165) is 49.9 Å². The fraction of sp³-hybridized carbons (Fsp3) is 0.391. The molecule has 1 heterocycles. The van der Waals surface area contributed by atoms with E-state index in [4.69, 9.17) is 4.74 Å². The number of fused-ring (bicyclic) bond motifs is 1. The number of benzene rings is 2. The molecule has 0 bridgehead atoms. The molecule has 2 aromatic rings. The van der Waals surface area contributed by atoms with E-state index in [1.807, 2.05) is 48.2 Å². The van der Waals surface area contributed by atoms with Crippen molar-refractivity contribution in [2.75, 3.05) is 28.7 Å². The highest BCUT2D eigenvalue weighted by molar-refractivity contribution is 6.02. The van der Waals surface area contributed by atoms with Crippen molar-refractivity contribution in [3.05, 3.63) is 48.0 Å². The summed E-state index contributed by atoms with van der Waals surface area (Å²) in [6.45, 7) is 3.15. The molecule has 1 saturated carbocycles. The van der Waals surface area contributed by atoms with Crippen LogP contribution in [0.15, 0.2) is 42.5 Å². The van der Waals surface area contributed by atoms with Crippen molar-refractivity contribution in [1.82, 2.24) is 0 Å². The molecule has 6 heteroatoms. The van der Waals surface area contributed by atoms with Crippen molar-refractivity contribution in [3.8, 4) is 5.75 Å². The minimum absolute atomic E-state index is 0.149. The summed E-state index contributed by atoms with van der Waals surface area (Å²) in [6.07, 6.45) is 5.13. The van der Waals surface area contributed by atoms with E-state index in [0.29, 0.717) is 23.7 Å². The average Bonchev–Trinajstić information content (AvgIpc) is 3.39. The molecule has 4 rings (SSSR count). The quantitative estimate of drug-likeness (QED) is 0.766. The Bertz CT molecular complexity index is 906. The van der Waals surface area contributed by atoms with Gasteiger partial charge in [-0.15, -0.1) is 0 Å². The molecule has 6 nitrogen and oxygen atoms in total. The third-order valence-electron chi connectivity index (χ3n) is 5.64. The third kappa shape index (κ3) is 4.21. The molecule has 0 atom stereocenters. The van der Waals surface area contributed by atoms with Gasteiger partial charge in [-0.2, -0.15) is 0 Å². The van der Waals surface area contributed by atoms with Gasteiger partial charge in [0.05, 0.1) is 12.3 Å². The van der Waals surface area contributed by atoms with Gasteiger partial charge in [0, 0.05) is 23.8 Å². The number of nitrogens with zero attached hydrogens (tertiary/aromatic N) is 1. The molecule has 2 N–H and O–H groups in total. The lowest BCUT2D eigenvalue weighted by atomic mass is 10.1. The van der Waals surface area contributed by atoms with E-state index < -0.39 is 0 Å². The molecule has 2 aromatic carbocycles. The molecule has 0 radical (unpaired) electrons. The van der Waals surface area contributed by atoms with Crippen LogP contribution in [0, 0.1) is 5.92 Å². The molecule has 1 aliphatic carbocycles. The van der Waals surface area contributed by atoms with Crippen LogP contribution in [0.1, 0.15) is 38.2 Å². The Labute approximate surface area is 171 Å². The normalized spacial score (nSPS) is 15.8. The zero-order valence-corrected chi connectivity index (χ0v) is 16.7. The Kier molecular flexibility index (Phi) is 5.69. The van der Waals surface area contributed by atoms with E-state index in [2.05, 4.69) is 10.6 Å². The van der Waals surface area contributed by atoms with Crippen LogP contribution < -0.4 is 20.3 Å². The molecule has 29 heavy (non-hydrogen) atoms. The Balaban J connectivity index is 1.46. The standard InChI is InChI=1S/C23H27N3O3/c1-2-29-21-10-6-5-9-19(21)25-23(28)24-18-12-11-16-13-14-26(20(16)15-18)22(27)17-7-3-4-8-17/h5-6,9-12,15,17H,2-4,7-8,13-14H2,1H3,(H2,24,25,28). The Morgan fingerprint density at radius 3 is 2.69 bits per heavy atom. The van der Waals surface area contributed by atoms with Crippen molar-refractivity contribution >= 4 is 29.0 Å². The average molecular weight is 393 g/mol. The van der Waals surface area contributed by atoms with E-state index in [1.165, 1.54) is 0 Å². The van der Waals surface area contributed by atoms with Crippen molar-refractivity contribution in [1.29, 1.82) is 0 Å². The van der Waals surface area contributed by atoms with Crippen LogP contribution in [0.5, 0.6) is 5.75 Å². The Hall–Kier alpha value is -3.02. The zero-order chi connectivity index (χ0) is 20.2. The second kappa shape index (κ2) is 8.55. The van der Waals surface area contributed by atoms with Crippen LogP contribution in [0.4, 0.5) is 21.9 Å². The highest BCUT2D eigenvalue weighted by Gasteiger charge is 2.32.